The molecule has 3 rings (SSSR count). The third kappa shape index (κ3) is 6.03. The van der Waals surface area contributed by atoms with Crippen molar-refractivity contribution < 1.29 is 26.4 Å². The number of methoxy groups -OCH3 is 1. The molecule has 2 aromatic carbocycles. The van der Waals surface area contributed by atoms with Crippen LogP contribution in [0.3, 0.4) is 0 Å². The molecule has 0 spiro atoms. The van der Waals surface area contributed by atoms with Gasteiger partial charge in [0.15, 0.2) is 0 Å². The van der Waals surface area contributed by atoms with Crippen LogP contribution in [0.5, 0.6) is 0 Å². The number of rotatable bonds is 8. The number of pyridine rings is 1. The lowest BCUT2D eigenvalue weighted by molar-refractivity contribution is 0.0600. The van der Waals surface area contributed by atoms with E-state index in [2.05, 4.69) is 19.2 Å². The molecule has 0 unspecified atom stereocenters. The van der Waals surface area contributed by atoms with Crippen LogP contribution in [0.15, 0.2) is 77.8 Å². The van der Waals surface area contributed by atoms with Crippen molar-refractivity contribution in [3.8, 4) is 0 Å². The second-order valence-electron chi connectivity index (χ2n) is 6.39. The zero-order valence-corrected chi connectivity index (χ0v) is 18.0. The fourth-order valence-corrected chi connectivity index (χ4v) is 4.82. The molecule has 0 bridgehead atoms. The molecule has 9 nitrogen and oxygen atoms in total. The van der Waals surface area contributed by atoms with Gasteiger partial charge in [0.25, 0.3) is 10.0 Å². The molecule has 0 saturated heterocycles. The summed E-state index contributed by atoms with van der Waals surface area (Å²) in [4.78, 5) is 15.3. The average molecular weight is 462 g/mol. The second-order valence-corrected chi connectivity index (χ2v) is 9.80. The minimum atomic E-state index is -3.86. The number of nitrogens with zero attached hydrogens (tertiary/aromatic N) is 1. The van der Waals surface area contributed by atoms with Gasteiger partial charge in [0.05, 0.1) is 23.3 Å². The Morgan fingerprint density at radius 2 is 1.58 bits per heavy atom. The van der Waals surface area contributed by atoms with Crippen LogP contribution >= 0.6 is 0 Å². The summed E-state index contributed by atoms with van der Waals surface area (Å²) < 4.78 is 59.0. The first-order chi connectivity index (χ1) is 14.7. The third-order valence-corrected chi connectivity index (χ3v) is 6.70. The predicted octanol–water partition coefficient (Wildman–Crippen LogP) is 2.61. The summed E-state index contributed by atoms with van der Waals surface area (Å²) in [6.07, 6.45) is 1.46. The van der Waals surface area contributed by atoms with E-state index < -0.39 is 26.0 Å². The summed E-state index contributed by atoms with van der Waals surface area (Å²) in [6.45, 7) is 0. The Labute approximate surface area is 180 Å². The zero-order valence-electron chi connectivity index (χ0n) is 16.3. The van der Waals surface area contributed by atoms with E-state index in [4.69, 9.17) is 0 Å². The standard InChI is InChI=1S/C20H19N3O6S2/c1-29-20(24)16-7-5-15(6-8-16)14-30(25,26)22-17-9-11-18(12-10-17)31(27,28)23-19-4-2-3-13-21-19/h2-13,22H,14H2,1H3,(H,21,23). The molecular weight excluding hydrogens is 442 g/mol. The van der Waals surface area contributed by atoms with Crippen LogP contribution in [0.4, 0.5) is 11.5 Å². The Morgan fingerprint density at radius 1 is 0.903 bits per heavy atom. The molecule has 3 aromatic rings. The molecule has 0 fully saturated rings. The first-order valence-electron chi connectivity index (χ1n) is 8.90. The zero-order chi connectivity index (χ0) is 22.5. The molecular formula is C20H19N3O6S2. The van der Waals surface area contributed by atoms with Gasteiger partial charge in [-0.05, 0) is 54.1 Å². The maximum atomic E-state index is 12.4. The number of ether oxygens (including phenoxy) is 1. The van der Waals surface area contributed by atoms with Gasteiger partial charge in [-0.3, -0.25) is 9.44 Å². The highest BCUT2D eigenvalue weighted by atomic mass is 32.2. The molecule has 2 N–H and O–H groups in total. The van der Waals surface area contributed by atoms with Crippen molar-refractivity contribution in [2.75, 3.05) is 16.6 Å². The number of hydrogen-bond donors (Lipinski definition) is 2. The van der Waals surface area contributed by atoms with Crippen LogP contribution in [0.1, 0.15) is 15.9 Å². The van der Waals surface area contributed by atoms with E-state index in [9.17, 15) is 21.6 Å². The predicted molar refractivity (Wildman–Crippen MR) is 116 cm³/mol. The van der Waals surface area contributed by atoms with E-state index in [1.165, 1.54) is 67.9 Å². The van der Waals surface area contributed by atoms with E-state index in [0.717, 1.165) is 0 Å². The molecule has 31 heavy (non-hydrogen) atoms. The third-order valence-electron chi connectivity index (χ3n) is 4.07. The normalized spacial score (nSPS) is 11.5. The maximum Gasteiger partial charge on any atom is 0.337 e. The molecule has 162 valence electrons. The van der Waals surface area contributed by atoms with Crippen molar-refractivity contribution >= 4 is 37.5 Å². The molecule has 0 aliphatic rings. The van der Waals surface area contributed by atoms with E-state index in [1.807, 2.05) is 0 Å². The average Bonchev–Trinajstić information content (AvgIpc) is 2.74. The van der Waals surface area contributed by atoms with Gasteiger partial charge in [0.2, 0.25) is 10.0 Å². The summed E-state index contributed by atoms with van der Waals surface area (Å²) in [5, 5.41) is 0. The molecule has 0 aliphatic heterocycles. The van der Waals surface area contributed by atoms with Crippen LogP contribution in [0.2, 0.25) is 0 Å². The Bertz CT molecular complexity index is 1260. The molecule has 1 heterocycles. The lowest BCUT2D eigenvalue weighted by Gasteiger charge is -2.10. The Kier molecular flexibility index (Phi) is 6.56. The molecule has 0 atom stereocenters. The summed E-state index contributed by atoms with van der Waals surface area (Å²) in [7, 11) is -6.37. The first-order valence-corrected chi connectivity index (χ1v) is 12.0. The van der Waals surface area contributed by atoms with E-state index in [1.54, 1.807) is 12.1 Å². The van der Waals surface area contributed by atoms with Gasteiger partial charge in [0.1, 0.15) is 5.82 Å². The number of sulfonamides is 2. The molecule has 11 heteroatoms. The number of anilines is 2. The number of aromatic nitrogens is 1. The van der Waals surface area contributed by atoms with Crippen LogP contribution in [-0.2, 0) is 30.5 Å². The number of nitrogens with one attached hydrogen (secondary N) is 2. The Hall–Kier alpha value is -3.44. The number of carbonyl (C=O) groups excluding carboxylic acids is 1. The SMILES string of the molecule is COC(=O)c1ccc(CS(=O)(=O)Nc2ccc(S(=O)(=O)Nc3ccccn3)cc2)cc1. The largest absolute Gasteiger partial charge is 0.465 e. The van der Waals surface area contributed by atoms with Gasteiger partial charge in [-0.1, -0.05) is 18.2 Å². The van der Waals surface area contributed by atoms with E-state index in [-0.39, 0.29) is 22.2 Å². The maximum absolute atomic E-state index is 12.4. The quantitative estimate of drug-likeness (QED) is 0.493. The smallest absolute Gasteiger partial charge is 0.337 e. The lowest BCUT2D eigenvalue weighted by Crippen LogP contribution is -2.16. The van der Waals surface area contributed by atoms with Crippen molar-refractivity contribution in [3.05, 3.63) is 84.1 Å². The van der Waals surface area contributed by atoms with Crippen LogP contribution in [0, 0.1) is 0 Å². The number of hydrogen-bond acceptors (Lipinski definition) is 7. The number of esters is 1. The summed E-state index contributed by atoms with van der Waals surface area (Å²) >= 11 is 0. The lowest BCUT2D eigenvalue weighted by atomic mass is 10.1. The van der Waals surface area contributed by atoms with Crippen molar-refractivity contribution in [1.82, 2.24) is 4.98 Å². The van der Waals surface area contributed by atoms with Gasteiger partial charge in [-0.25, -0.2) is 26.6 Å². The topological polar surface area (TPSA) is 132 Å². The summed E-state index contributed by atoms with van der Waals surface area (Å²) in [6, 6.07) is 16.1. The van der Waals surface area contributed by atoms with Crippen molar-refractivity contribution in [3.63, 3.8) is 0 Å². The summed E-state index contributed by atoms with van der Waals surface area (Å²) in [5.41, 5.74) is 0.995. The van der Waals surface area contributed by atoms with Gasteiger partial charge >= 0.3 is 5.97 Å². The van der Waals surface area contributed by atoms with Crippen molar-refractivity contribution in [2.45, 2.75) is 10.6 Å². The highest BCUT2D eigenvalue weighted by Crippen LogP contribution is 2.19. The minimum Gasteiger partial charge on any atom is -0.465 e. The Balaban J connectivity index is 1.67. The fraction of sp³-hybridized carbons (Fsp3) is 0.100. The Morgan fingerprint density at radius 3 is 2.16 bits per heavy atom. The van der Waals surface area contributed by atoms with Crippen molar-refractivity contribution in [2.24, 2.45) is 0 Å². The molecule has 1 aromatic heterocycles. The van der Waals surface area contributed by atoms with Gasteiger partial charge in [0, 0.05) is 11.9 Å². The molecule has 0 radical (unpaired) electrons. The number of benzene rings is 2. The second kappa shape index (κ2) is 9.14. The van der Waals surface area contributed by atoms with Crippen LogP contribution in [-0.4, -0.2) is 34.9 Å². The van der Waals surface area contributed by atoms with E-state index >= 15 is 0 Å². The monoisotopic (exact) mass is 461 g/mol. The van der Waals surface area contributed by atoms with Crippen LogP contribution < -0.4 is 9.44 Å². The molecule has 0 aliphatic carbocycles. The first kappa shape index (κ1) is 22.2. The van der Waals surface area contributed by atoms with E-state index in [0.29, 0.717) is 11.1 Å². The van der Waals surface area contributed by atoms with Crippen molar-refractivity contribution in [1.29, 1.82) is 0 Å². The molecule has 0 amide bonds. The van der Waals surface area contributed by atoms with Gasteiger partial charge in [-0.2, -0.15) is 0 Å². The fourth-order valence-electron chi connectivity index (χ4n) is 2.61. The van der Waals surface area contributed by atoms with Gasteiger partial charge < -0.3 is 4.74 Å². The highest BCUT2D eigenvalue weighted by molar-refractivity contribution is 7.92. The highest BCUT2D eigenvalue weighted by Gasteiger charge is 2.16. The molecule has 0 saturated carbocycles. The van der Waals surface area contributed by atoms with Crippen LogP contribution in [0.25, 0.3) is 0 Å². The van der Waals surface area contributed by atoms with Gasteiger partial charge in [-0.15, -0.1) is 0 Å². The minimum absolute atomic E-state index is 0.0421. The summed E-state index contributed by atoms with van der Waals surface area (Å²) in [5.74, 6) is -0.666. The number of carbonyl (C=O) groups is 1.